The SMILES string of the molecule is O=C(c1n[nH]c2ccccc12)N1CCO[C@@H](c2ccc(Br)cc2)C1. The number of nitrogens with one attached hydrogen (secondary N) is 1. The molecule has 1 N–H and O–H groups in total. The van der Waals surface area contributed by atoms with Crippen LogP contribution in [0.4, 0.5) is 0 Å². The minimum atomic E-state index is -0.110. The lowest BCUT2D eigenvalue weighted by molar-refractivity contribution is -0.0229. The number of H-pyrrole nitrogens is 1. The molecule has 3 aromatic rings. The molecule has 0 radical (unpaired) electrons. The Labute approximate surface area is 147 Å². The van der Waals surface area contributed by atoms with Crippen molar-refractivity contribution in [1.29, 1.82) is 0 Å². The molecule has 1 fully saturated rings. The van der Waals surface area contributed by atoms with Gasteiger partial charge in [-0.3, -0.25) is 9.89 Å². The average molecular weight is 386 g/mol. The molecule has 0 aliphatic carbocycles. The lowest BCUT2D eigenvalue weighted by Crippen LogP contribution is -2.42. The van der Waals surface area contributed by atoms with Crippen LogP contribution in [0.25, 0.3) is 10.9 Å². The van der Waals surface area contributed by atoms with E-state index in [1.54, 1.807) is 0 Å². The van der Waals surface area contributed by atoms with Crippen LogP contribution in [0.15, 0.2) is 53.0 Å². The highest BCUT2D eigenvalue weighted by molar-refractivity contribution is 9.10. The summed E-state index contributed by atoms with van der Waals surface area (Å²) >= 11 is 3.44. The van der Waals surface area contributed by atoms with E-state index in [0.29, 0.717) is 25.4 Å². The molecule has 1 aliphatic rings. The highest BCUT2D eigenvalue weighted by Gasteiger charge is 2.28. The van der Waals surface area contributed by atoms with E-state index in [2.05, 4.69) is 26.1 Å². The Hall–Kier alpha value is -2.18. The van der Waals surface area contributed by atoms with Crippen LogP contribution < -0.4 is 0 Å². The molecule has 1 amide bonds. The van der Waals surface area contributed by atoms with Crippen molar-refractivity contribution in [3.8, 4) is 0 Å². The number of nitrogens with zero attached hydrogens (tertiary/aromatic N) is 2. The third-order valence-electron chi connectivity index (χ3n) is 4.27. The first kappa shape index (κ1) is 15.4. The number of ether oxygens (including phenoxy) is 1. The summed E-state index contributed by atoms with van der Waals surface area (Å²) in [5.41, 5.74) is 2.42. The van der Waals surface area contributed by atoms with Crippen molar-refractivity contribution < 1.29 is 9.53 Å². The maximum Gasteiger partial charge on any atom is 0.275 e. The van der Waals surface area contributed by atoms with Crippen LogP contribution in [-0.4, -0.2) is 40.7 Å². The quantitative estimate of drug-likeness (QED) is 0.733. The normalized spacial score (nSPS) is 18.0. The lowest BCUT2D eigenvalue weighted by Gasteiger charge is -2.32. The number of carbonyl (C=O) groups is 1. The van der Waals surface area contributed by atoms with Crippen LogP contribution in [0.1, 0.15) is 22.2 Å². The number of benzene rings is 2. The topological polar surface area (TPSA) is 58.2 Å². The molecule has 0 spiro atoms. The van der Waals surface area contributed by atoms with Gasteiger partial charge in [-0.15, -0.1) is 0 Å². The summed E-state index contributed by atoms with van der Waals surface area (Å²) in [6.07, 6.45) is -0.110. The van der Waals surface area contributed by atoms with Crippen molar-refractivity contribution in [2.45, 2.75) is 6.10 Å². The molecule has 5 nitrogen and oxygen atoms in total. The Morgan fingerprint density at radius 1 is 1.21 bits per heavy atom. The highest BCUT2D eigenvalue weighted by atomic mass is 79.9. The van der Waals surface area contributed by atoms with Gasteiger partial charge in [0.1, 0.15) is 6.10 Å². The summed E-state index contributed by atoms with van der Waals surface area (Å²) < 4.78 is 6.88. The molecular formula is C18H16BrN3O2. The first-order valence-electron chi connectivity index (χ1n) is 7.82. The predicted molar refractivity (Wildman–Crippen MR) is 94.8 cm³/mol. The summed E-state index contributed by atoms with van der Waals surface area (Å²) in [6, 6.07) is 15.7. The minimum Gasteiger partial charge on any atom is -0.370 e. The number of rotatable bonds is 2. The van der Waals surface area contributed by atoms with Gasteiger partial charge in [0, 0.05) is 16.4 Å². The molecule has 24 heavy (non-hydrogen) atoms. The molecule has 0 bridgehead atoms. The average Bonchev–Trinajstić information content (AvgIpc) is 3.06. The number of amides is 1. The van der Waals surface area contributed by atoms with Crippen LogP contribution in [0.2, 0.25) is 0 Å². The zero-order valence-electron chi connectivity index (χ0n) is 12.9. The molecule has 0 unspecified atom stereocenters. The van der Waals surface area contributed by atoms with Gasteiger partial charge in [-0.05, 0) is 23.8 Å². The van der Waals surface area contributed by atoms with Crippen LogP contribution in [-0.2, 0) is 4.74 Å². The Bertz CT molecular complexity index is 875. The standard InChI is InChI=1S/C18H16BrN3O2/c19-13-7-5-12(6-8-13)16-11-22(9-10-24-16)18(23)17-14-3-1-2-4-15(14)20-21-17/h1-8,16H,9-11H2,(H,20,21)/t16-/m1/s1. The first-order chi connectivity index (χ1) is 11.7. The summed E-state index contributed by atoms with van der Waals surface area (Å²) in [6.45, 7) is 1.63. The molecule has 1 saturated heterocycles. The van der Waals surface area contributed by atoms with E-state index >= 15 is 0 Å². The number of hydrogen-bond donors (Lipinski definition) is 1. The van der Waals surface area contributed by atoms with Gasteiger partial charge in [0.15, 0.2) is 5.69 Å². The fourth-order valence-electron chi connectivity index (χ4n) is 2.99. The van der Waals surface area contributed by atoms with Crippen LogP contribution in [0.5, 0.6) is 0 Å². The number of carbonyl (C=O) groups excluding carboxylic acids is 1. The highest BCUT2D eigenvalue weighted by Crippen LogP contribution is 2.25. The monoisotopic (exact) mass is 385 g/mol. The maximum atomic E-state index is 12.9. The maximum absolute atomic E-state index is 12.9. The molecule has 0 saturated carbocycles. The molecular weight excluding hydrogens is 370 g/mol. The molecule has 1 atom stereocenters. The Morgan fingerprint density at radius 2 is 2.00 bits per heavy atom. The van der Waals surface area contributed by atoms with Gasteiger partial charge < -0.3 is 9.64 Å². The van der Waals surface area contributed by atoms with Crippen LogP contribution >= 0.6 is 15.9 Å². The molecule has 2 heterocycles. The Morgan fingerprint density at radius 3 is 2.83 bits per heavy atom. The number of morpholine rings is 1. The minimum absolute atomic E-state index is 0.0575. The van der Waals surface area contributed by atoms with Gasteiger partial charge in [-0.1, -0.05) is 46.3 Å². The summed E-state index contributed by atoms with van der Waals surface area (Å²) in [7, 11) is 0. The van der Waals surface area contributed by atoms with Crippen molar-refractivity contribution in [1.82, 2.24) is 15.1 Å². The second kappa shape index (κ2) is 6.37. The number of hydrogen-bond acceptors (Lipinski definition) is 3. The van der Waals surface area contributed by atoms with Crippen LogP contribution in [0, 0.1) is 0 Å². The van der Waals surface area contributed by atoms with Crippen molar-refractivity contribution >= 4 is 32.7 Å². The van der Waals surface area contributed by atoms with Gasteiger partial charge in [0.05, 0.1) is 18.7 Å². The van der Waals surface area contributed by atoms with Crippen LogP contribution in [0.3, 0.4) is 0 Å². The molecule has 6 heteroatoms. The van der Waals surface area contributed by atoms with Crippen molar-refractivity contribution in [2.75, 3.05) is 19.7 Å². The first-order valence-corrected chi connectivity index (χ1v) is 8.61. The number of para-hydroxylation sites is 1. The fraction of sp³-hybridized carbons (Fsp3) is 0.222. The smallest absolute Gasteiger partial charge is 0.275 e. The molecule has 1 aliphatic heterocycles. The van der Waals surface area contributed by atoms with E-state index in [0.717, 1.165) is 20.9 Å². The largest absolute Gasteiger partial charge is 0.370 e. The van der Waals surface area contributed by atoms with Gasteiger partial charge in [0.2, 0.25) is 0 Å². The van der Waals surface area contributed by atoms with Crippen molar-refractivity contribution in [3.05, 3.63) is 64.3 Å². The molecule has 2 aromatic carbocycles. The Balaban J connectivity index is 1.57. The van der Waals surface area contributed by atoms with E-state index in [4.69, 9.17) is 4.74 Å². The van der Waals surface area contributed by atoms with E-state index in [-0.39, 0.29) is 12.0 Å². The van der Waals surface area contributed by atoms with E-state index in [1.807, 2.05) is 53.4 Å². The summed E-state index contributed by atoms with van der Waals surface area (Å²) in [5.74, 6) is -0.0575. The molecule has 122 valence electrons. The predicted octanol–water partition coefficient (Wildman–Crippen LogP) is 3.54. The van der Waals surface area contributed by atoms with Gasteiger partial charge in [-0.25, -0.2) is 0 Å². The second-order valence-corrected chi connectivity index (χ2v) is 6.70. The fourth-order valence-corrected chi connectivity index (χ4v) is 3.25. The van der Waals surface area contributed by atoms with Gasteiger partial charge in [-0.2, -0.15) is 5.10 Å². The van der Waals surface area contributed by atoms with Crippen molar-refractivity contribution in [3.63, 3.8) is 0 Å². The van der Waals surface area contributed by atoms with E-state index in [1.165, 1.54) is 0 Å². The van der Waals surface area contributed by atoms with Gasteiger partial charge >= 0.3 is 0 Å². The molecule has 4 rings (SSSR count). The summed E-state index contributed by atoms with van der Waals surface area (Å²) in [5, 5.41) is 8.00. The molecule has 1 aromatic heterocycles. The zero-order valence-corrected chi connectivity index (χ0v) is 14.5. The van der Waals surface area contributed by atoms with Crippen molar-refractivity contribution in [2.24, 2.45) is 0 Å². The number of halogens is 1. The number of aromatic amines is 1. The summed E-state index contributed by atoms with van der Waals surface area (Å²) in [4.78, 5) is 14.7. The lowest BCUT2D eigenvalue weighted by atomic mass is 10.1. The zero-order chi connectivity index (χ0) is 16.5. The van der Waals surface area contributed by atoms with Gasteiger partial charge in [0.25, 0.3) is 5.91 Å². The Kier molecular flexibility index (Phi) is 4.08. The number of aromatic nitrogens is 2. The van der Waals surface area contributed by atoms with E-state index < -0.39 is 0 Å². The third kappa shape index (κ3) is 2.83. The number of fused-ring (bicyclic) bond motifs is 1. The third-order valence-corrected chi connectivity index (χ3v) is 4.80. The second-order valence-electron chi connectivity index (χ2n) is 5.78. The van der Waals surface area contributed by atoms with E-state index in [9.17, 15) is 4.79 Å².